The molecule has 2 radical (unpaired) electrons. The fraction of sp³-hybridized carbons (Fsp3) is 0. The summed E-state index contributed by atoms with van der Waals surface area (Å²) < 4.78 is 134. The van der Waals surface area contributed by atoms with Crippen LogP contribution < -0.4 is 0 Å². The Kier molecular flexibility index (Phi) is 26.4. The maximum atomic E-state index is 8.74. The molecule has 0 amide bonds. The van der Waals surface area contributed by atoms with Crippen LogP contribution in [0.1, 0.15) is 0 Å². The van der Waals surface area contributed by atoms with Gasteiger partial charge < -0.3 is 27.3 Å². The van der Waals surface area contributed by atoms with Gasteiger partial charge in [-0.2, -0.15) is 8.42 Å². The van der Waals surface area contributed by atoms with Crippen molar-refractivity contribution in [3.05, 3.63) is 0 Å². The molecule has 0 saturated carbocycles. The van der Waals surface area contributed by atoms with E-state index in [1.54, 1.807) is 0 Å². The van der Waals surface area contributed by atoms with Gasteiger partial charge in [-0.15, -0.1) is 0 Å². The van der Waals surface area contributed by atoms with Crippen molar-refractivity contribution in [1.82, 2.24) is 0 Å². The minimum Gasteiger partial charge on any atom is -0.759 e. The van der Waals surface area contributed by atoms with Gasteiger partial charge in [-0.05, 0) is 0 Å². The summed E-state index contributed by atoms with van der Waals surface area (Å²) in [4.78, 5) is 0. The van der Waals surface area contributed by atoms with Crippen LogP contribution in [0.4, 0.5) is 0 Å². The molecule has 0 fully saturated rings. The van der Waals surface area contributed by atoms with Gasteiger partial charge in [0, 0.05) is 68.3 Å². The normalized spacial score (nSPS) is 10.5. The van der Waals surface area contributed by atoms with Crippen molar-refractivity contribution in [2.24, 2.45) is 0 Å². The van der Waals surface area contributed by atoms with Gasteiger partial charge in [-0.3, -0.25) is 34.4 Å². The molecule has 2 N–H and O–H groups in total. The molecule has 0 bridgehead atoms. The molecule has 22 heavy (non-hydrogen) atoms. The average molecular weight is 488 g/mol. The van der Waals surface area contributed by atoms with Crippen molar-refractivity contribution < 1.29 is 107 Å². The van der Waals surface area contributed by atoms with Crippen LogP contribution in [0.25, 0.3) is 0 Å². The third-order valence-corrected chi connectivity index (χ3v) is 0. The van der Waals surface area contributed by atoms with Gasteiger partial charge in [0.25, 0.3) is 0 Å². The monoisotopic (exact) mass is 488 g/mol. The Morgan fingerprint density at radius 1 is 0.455 bits per heavy atom. The van der Waals surface area contributed by atoms with E-state index in [0.29, 0.717) is 0 Å². The van der Waals surface area contributed by atoms with Gasteiger partial charge in [0.2, 0.25) is 0 Å². The number of hydrogen-bond acceptors (Lipinski definition) is 14. The van der Waals surface area contributed by atoms with E-state index in [4.69, 9.17) is 70.1 Å². The van der Waals surface area contributed by atoms with E-state index in [-0.39, 0.29) is 37.1 Å². The first kappa shape index (κ1) is 38.3. The van der Waals surface area contributed by atoms with Crippen LogP contribution in [0, 0.1) is 0 Å². The molecule has 0 aliphatic carbocycles. The maximum absolute atomic E-state index is 8.74. The van der Waals surface area contributed by atoms with Gasteiger partial charge in [0.05, 0.1) is 0 Å². The van der Waals surface area contributed by atoms with Crippen molar-refractivity contribution >= 4 is 41.6 Å². The molecule has 0 rings (SSSR count). The third kappa shape index (κ3) is 18900. The fourth-order valence-corrected chi connectivity index (χ4v) is 0. The zero-order valence-electron chi connectivity index (χ0n) is 9.14. The van der Waals surface area contributed by atoms with E-state index >= 15 is 0 Å². The molecule has 0 aromatic carbocycles. The van der Waals surface area contributed by atoms with Crippen LogP contribution in [0.2, 0.25) is 0 Å². The molecule has 0 atom stereocenters. The predicted molar refractivity (Wildman–Crippen MR) is 45.6 cm³/mol. The van der Waals surface area contributed by atoms with Crippen molar-refractivity contribution in [2.75, 3.05) is 0 Å². The zero-order chi connectivity index (χ0) is 18.0. The van der Waals surface area contributed by atoms with E-state index in [2.05, 4.69) is 0 Å². The Hall–Kier alpha value is 0.649. The summed E-state index contributed by atoms with van der Waals surface area (Å²) in [6.07, 6.45) is 0. The molecule has 0 saturated heterocycles. The van der Waals surface area contributed by atoms with Crippen LogP contribution in [0.5, 0.6) is 0 Å². The summed E-state index contributed by atoms with van der Waals surface area (Å²) in [5.74, 6) is 0. The second-order valence-electron chi connectivity index (χ2n) is 1.67. The second kappa shape index (κ2) is 15.2. The van der Waals surface area contributed by atoms with Crippen molar-refractivity contribution in [3.63, 3.8) is 0 Å². The minimum absolute atomic E-state index is 0. The zero-order valence-corrected chi connectivity index (χ0v) is 15.2. The van der Waals surface area contributed by atoms with E-state index in [1.807, 2.05) is 0 Å². The first-order chi connectivity index (χ1) is 8.00. The molecule has 16 nitrogen and oxygen atoms in total. The van der Waals surface area contributed by atoms with Crippen molar-refractivity contribution in [3.8, 4) is 0 Å². The standard InChI is InChI=1S/4H2O4S.2V/c4*1-5(2,3)4;;/h4*(H2,1,2,3,4);;/p-6. The number of hydrogen-bond donors (Lipinski definition) is 2. The van der Waals surface area contributed by atoms with Gasteiger partial charge in [0.1, 0.15) is 0 Å². The summed E-state index contributed by atoms with van der Waals surface area (Å²) in [7, 11) is -20.2. The smallest absolute Gasteiger partial charge is 0.394 e. The molecule has 0 unspecified atom stereocenters. The maximum Gasteiger partial charge on any atom is 0.394 e. The van der Waals surface area contributed by atoms with Gasteiger partial charge in [-0.1, -0.05) is 0 Å². The molecule has 22 heteroatoms. The Morgan fingerprint density at radius 3 is 0.455 bits per heavy atom. The van der Waals surface area contributed by atoms with Gasteiger partial charge in [-0.25, -0.2) is 0 Å². The molecule has 0 aromatic rings. The Labute approximate surface area is 148 Å². The summed E-state index contributed by atoms with van der Waals surface area (Å²) >= 11 is 0. The summed E-state index contributed by atoms with van der Waals surface area (Å²) in [5.41, 5.74) is 0. The van der Waals surface area contributed by atoms with Crippen LogP contribution in [-0.4, -0.2) is 70.1 Å². The van der Waals surface area contributed by atoms with E-state index in [0.717, 1.165) is 0 Å². The largest absolute Gasteiger partial charge is 0.759 e. The van der Waals surface area contributed by atoms with E-state index < -0.39 is 41.6 Å². The first-order valence-electron chi connectivity index (χ1n) is 2.70. The molecular weight excluding hydrogens is 486 g/mol. The number of rotatable bonds is 0. The van der Waals surface area contributed by atoms with Crippen molar-refractivity contribution in [1.29, 1.82) is 0 Å². The molecular formula is H2O16S4V2-6. The molecule has 0 aromatic heterocycles. The van der Waals surface area contributed by atoms with Crippen LogP contribution in [0.3, 0.4) is 0 Å². The molecule has 0 aliphatic heterocycles. The Balaban J connectivity index is -0.0000000376. The van der Waals surface area contributed by atoms with Gasteiger partial charge in [0.15, 0.2) is 0 Å². The minimum atomic E-state index is -5.17. The van der Waals surface area contributed by atoms with Crippen LogP contribution in [0.15, 0.2) is 0 Å². The summed E-state index contributed by atoms with van der Waals surface area (Å²) in [6, 6.07) is 0. The molecule has 138 valence electrons. The first-order valence-corrected chi connectivity index (χ1v) is 8.10. The topological polar surface area (TPSA) is 315 Å². The van der Waals surface area contributed by atoms with Crippen LogP contribution in [-0.2, 0) is 78.7 Å². The predicted octanol–water partition coefficient (Wildman–Crippen LogP) is -4.67. The van der Waals surface area contributed by atoms with Crippen LogP contribution >= 0.6 is 0 Å². The Morgan fingerprint density at radius 2 is 0.455 bits per heavy atom. The SMILES string of the molecule is O=S(=O)(O)O.O=S(=O)([O-])[O-].O=S(=O)([O-])[O-].O=S(=O)([O-])[O-].[V].[V]. The van der Waals surface area contributed by atoms with E-state index in [9.17, 15) is 0 Å². The summed E-state index contributed by atoms with van der Waals surface area (Å²) in [5, 5.41) is 0. The molecule has 0 aliphatic rings. The van der Waals surface area contributed by atoms with E-state index in [1.165, 1.54) is 0 Å². The Bertz CT molecular complexity index is 477. The quantitative estimate of drug-likeness (QED) is 0.239. The fourth-order valence-electron chi connectivity index (χ4n) is 0. The average Bonchev–Trinajstić information content (AvgIpc) is 1.62. The third-order valence-electron chi connectivity index (χ3n) is 0. The van der Waals surface area contributed by atoms with Crippen molar-refractivity contribution in [2.45, 2.75) is 0 Å². The molecule has 0 heterocycles. The second-order valence-corrected chi connectivity index (χ2v) is 5.02. The molecule has 0 spiro atoms. The van der Waals surface area contributed by atoms with Gasteiger partial charge >= 0.3 is 10.4 Å². The summed E-state index contributed by atoms with van der Waals surface area (Å²) in [6.45, 7) is 0.